The summed E-state index contributed by atoms with van der Waals surface area (Å²) in [5.41, 5.74) is 1.30. The number of hydrogen-bond donors (Lipinski definition) is 2. The molecule has 0 radical (unpaired) electrons. The van der Waals surface area contributed by atoms with E-state index in [1.807, 2.05) is 0 Å². The molecule has 2 aliphatic carbocycles. The van der Waals surface area contributed by atoms with Gasteiger partial charge in [0.2, 0.25) is 5.91 Å². The van der Waals surface area contributed by atoms with E-state index < -0.39 is 5.97 Å². The molecule has 1 saturated carbocycles. The SMILES string of the molecule is O=C(O)c1c(NC(=O)C2CCCCC2)sc2c1CCCC2. The van der Waals surface area contributed by atoms with Gasteiger partial charge < -0.3 is 10.4 Å². The van der Waals surface area contributed by atoms with E-state index in [0.717, 1.165) is 61.8 Å². The lowest BCUT2D eigenvalue weighted by atomic mass is 9.88. The van der Waals surface area contributed by atoms with Crippen LogP contribution in [0.1, 0.15) is 65.7 Å². The Morgan fingerprint density at radius 1 is 1.05 bits per heavy atom. The van der Waals surface area contributed by atoms with Crippen LogP contribution in [-0.2, 0) is 17.6 Å². The van der Waals surface area contributed by atoms with E-state index >= 15 is 0 Å². The molecule has 0 spiro atoms. The van der Waals surface area contributed by atoms with Crippen LogP contribution in [0.25, 0.3) is 0 Å². The smallest absolute Gasteiger partial charge is 0.339 e. The number of thiophene rings is 1. The van der Waals surface area contributed by atoms with Crippen LogP contribution in [0, 0.1) is 5.92 Å². The number of carboxylic acids is 1. The van der Waals surface area contributed by atoms with Crippen LogP contribution in [0.4, 0.5) is 5.00 Å². The van der Waals surface area contributed by atoms with E-state index in [-0.39, 0.29) is 11.8 Å². The number of aromatic carboxylic acids is 1. The Bertz CT molecular complexity index is 558. The maximum atomic E-state index is 12.4. The van der Waals surface area contributed by atoms with Crippen LogP contribution in [-0.4, -0.2) is 17.0 Å². The van der Waals surface area contributed by atoms with Gasteiger partial charge in [-0.2, -0.15) is 0 Å². The van der Waals surface area contributed by atoms with Crippen LogP contribution < -0.4 is 5.32 Å². The first kappa shape index (κ1) is 14.6. The van der Waals surface area contributed by atoms with Gasteiger partial charge in [0.05, 0.1) is 5.56 Å². The monoisotopic (exact) mass is 307 g/mol. The molecule has 0 bridgehead atoms. The highest BCUT2D eigenvalue weighted by molar-refractivity contribution is 7.17. The summed E-state index contributed by atoms with van der Waals surface area (Å²) in [5, 5.41) is 13.0. The van der Waals surface area contributed by atoms with Crippen LogP contribution in [0.5, 0.6) is 0 Å². The number of carbonyl (C=O) groups is 2. The average Bonchev–Trinajstić information content (AvgIpc) is 2.86. The van der Waals surface area contributed by atoms with Gasteiger partial charge in [0, 0.05) is 10.8 Å². The largest absolute Gasteiger partial charge is 0.478 e. The quantitative estimate of drug-likeness (QED) is 0.891. The highest BCUT2D eigenvalue weighted by atomic mass is 32.1. The Labute approximate surface area is 128 Å². The molecule has 0 atom stereocenters. The van der Waals surface area contributed by atoms with Crippen LogP contribution in [0.3, 0.4) is 0 Å². The van der Waals surface area contributed by atoms with Crippen molar-refractivity contribution in [2.75, 3.05) is 5.32 Å². The summed E-state index contributed by atoms with van der Waals surface area (Å²) in [6.07, 6.45) is 9.20. The fourth-order valence-electron chi connectivity index (χ4n) is 3.46. The predicted molar refractivity (Wildman–Crippen MR) is 83.1 cm³/mol. The van der Waals surface area contributed by atoms with Gasteiger partial charge in [-0.1, -0.05) is 19.3 Å². The molecule has 2 N–H and O–H groups in total. The number of amides is 1. The lowest BCUT2D eigenvalue weighted by molar-refractivity contribution is -0.120. The molecule has 1 heterocycles. The van der Waals surface area contributed by atoms with Crippen LogP contribution >= 0.6 is 11.3 Å². The molecular formula is C16H21NO3S. The lowest BCUT2D eigenvalue weighted by Gasteiger charge is -2.20. The zero-order valence-corrected chi connectivity index (χ0v) is 12.9. The molecule has 1 amide bonds. The van der Waals surface area contributed by atoms with Gasteiger partial charge >= 0.3 is 5.97 Å². The highest BCUT2D eigenvalue weighted by Crippen LogP contribution is 2.38. The number of carboxylic acid groups (broad SMARTS) is 1. The van der Waals surface area contributed by atoms with Gasteiger partial charge in [0.15, 0.2) is 0 Å². The van der Waals surface area contributed by atoms with Gasteiger partial charge in [-0.25, -0.2) is 4.79 Å². The number of fused-ring (bicyclic) bond motifs is 1. The maximum absolute atomic E-state index is 12.4. The molecule has 21 heavy (non-hydrogen) atoms. The van der Waals surface area contributed by atoms with Gasteiger partial charge in [0.25, 0.3) is 0 Å². The summed E-state index contributed by atoms with van der Waals surface area (Å²) in [5.74, 6) is -0.844. The van der Waals surface area contributed by atoms with E-state index in [9.17, 15) is 14.7 Å². The predicted octanol–water partition coefficient (Wildman–Crippen LogP) is 3.84. The molecule has 1 aromatic rings. The minimum atomic E-state index is -0.909. The molecule has 4 nitrogen and oxygen atoms in total. The first-order valence-corrected chi connectivity index (χ1v) is 8.67. The summed E-state index contributed by atoms with van der Waals surface area (Å²) in [6.45, 7) is 0. The molecule has 5 heteroatoms. The lowest BCUT2D eigenvalue weighted by Crippen LogP contribution is -2.25. The summed E-state index contributed by atoms with van der Waals surface area (Å²) in [7, 11) is 0. The van der Waals surface area contributed by atoms with Crippen molar-refractivity contribution in [1.29, 1.82) is 0 Å². The zero-order chi connectivity index (χ0) is 14.8. The Hall–Kier alpha value is -1.36. The Kier molecular flexibility index (Phi) is 4.29. The van der Waals surface area contributed by atoms with E-state index in [1.54, 1.807) is 0 Å². The minimum absolute atomic E-state index is 0.01000. The number of anilines is 1. The number of nitrogens with one attached hydrogen (secondary N) is 1. The van der Waals surface area contributed by atoms with Crippen LogP contribution in [0.15, 0.2) is 0 Å². The first-order chi connectivity index (χ1) is 10.2. The Balaban J connectivity index is 1.82. The summed E-state index contributed by atoms with van der Waals surface area (Å²) < 4.78 is 0. The third-order valence-corrected chi connectivity index (χ3v) is 5.81. The highest BCUT2D eigenvalue weighted by Gasteiger charge is 2.28. The summed E-state index contributed by atoms with van der Waals surface area (Å²) in [4.78, 5) is 25.1. The maximum Gasteiger partial charge on any atom is 0.339 e. The van der Waals surface area contributed by atoms with Crippen molar-refractivity contribution < 1.29 is 14.7 Å². The van der Waals surface area contributed by atoms with E-state index in [2.05, 4.69) is 5.32 Å². The van der Waals surface area contributed by atoms with Crippen molar-refractivity contribution in [3.05, 3.63) is 16.0 Å². The Morgan fingerprint density at radius 2 is 1.76 bits per heavy atom. The van der Waals surface area contributed by atoms with Crippen molar-refractivity contribution in [3.8, 4) is 0 Å². The van der Waals surface area contributed by atoms with Crippen molar-refractivity contribution in [2.24, 2.45) is 5.92 Å². The number of hydrogen-bond acceptors (Lipinski definition) is 3. The fraction of sp³-hybridized carbons (Fsp3) is 0.625. The third kappa shape index (κ3) is 2.98. The third-order valence-electron chi connectivity index (χ3n) is 4.60. The van der Waals surface area contributed by atoms with E-state index in [4.69, 9.17) is 0 Å². The molecule has 0 aliphatic heterocycles. The van der Waals surface area contributed by atoms with Crippen LogP contribution in [0.2, 0.25) is 0 Å². The minimum Gasteiger partial charge on any atom is -0.478 e. The molecule has 1 aromatic heterocycles. The summed E-state index contributed by atoms with van der Waals surface area (Å²) in [6, 6.07) is 0. The number of rotatable bonds is 3. The van der Waals surface area contributed by atoms with Gasteiger partial charge in [-0.3, -0.25) is 4.79 Å². The zero-order valence-electron chi connectivity index (χ0n) is 12.1. The average molecular weight is 307 g/mol. The van der Waals surface area contributed by atoms with Gasteiger partial charge in [0.1, 0.15) is 5.00 Å². The molecule has 3 rings (SSSR count). The summed E-state index contributed by atoms with van der Waals surface area (Å²) >= 11 is 1.47. The molecular weight excluding hydrogens is 286 g/mol. The second-order valence-electron chi connectivity index (χ2n) is 6.04. The van der Waals surface area contributed by atoms with Gasteiger partial charge in [-0.05, 0) is 44.1 Å². The molecule has 2 aliphatic rings. The number of aryl methyl sites for hydroxylation is 1. The molecule has 1 fully saturated rings. The number of carbonyl (C=O) groups excluding carboxylic acids is 1. The second-order valence-corrected chi connectivity index (χ2v) is 7.15. The standard InChI is InChI=1S/C16H21NO3S/c18-14(10-6-2-1-3-7-10)17-15-13(16(19)20)11-8-4-5-9-12(11)21-15/h10H,1-9H2,(H,17,18)(H,19,20). The Morgan fingerprint density at radius 3 is 2.48 bits per heavy atom. The van der Waals surface area contributed by atoms with E-state index in [0.29, 0.717) is 10.6 Å². The van der Waals surface area contributed by atoms with E-state index in [1.165, 1.54) is 17.8 Å². The molecule has 0 aromatic carbocycles. The molecule has 0 unspecified atom stereocenters. The molecule has 114 valence electrons. The first-order valence-electron chi connectivity index (χ1n) is 7.85. The topological polar surface area (TPSA) is 66.4 Å². The van der Waals surface area contributed by atoms with Crippen molar-refractivity contribution in [2.45, 2.75) is 57.8 Å². The van der Waals surface area contributed by atoms with Crippen molar-refractivity contribution >= 4 is 28.2 Å². The van der Waals surface area contributed by atoms with Crippen molar-refractivity contribution in [1.82, 2.24) is 0 Å². The normalized spacial score (nSPS) is 19.0. The fourth-order valence-corrected chi connectivity index (χ4v) is 4.74. The van der Waals surface area contributed by atoms with Gasteiger partial charge in [-0.15, -0.1) is 11.3 Å². The second kappa shape index (κ2) is 6.18. The van der Waals surface area contributed by atoms with Crippen molar-refractivity contribution in [3.63, 3.8) is 0 Å². The molecule has 0 saturated heterocycles.